The number of urea groups is 1. The standard InChI is InChI=1S/C16H20N4O3/c17-7-13(11-4-5-11)19-15(22)12-3-1-2-10(6-12)9-20-14(21)8-18-16(20)23/h1-3,6,11,13H,4-5,7-9,17H2,(H,18,23)(H,19,22). The van der Waals surface area contributed by atoms with Gasteiger partial charge in [-0.05, 0) is 36.5 Å². The summed E-state index contributed by atoms with van der Waals surface area (Å²) in [7, 11) is 0. The Morgan fingerprint density at radius 1 is 1.39 bits per heavy atom. The average Bonchev–Trinajstić information content (AvgIpc) is 3.35. The van der Waals surface area contributed by atoms with Crippen LogP contribution in [0.1, 0.15) is 28.8 Å². The van der Waals surface area contributed by atoms with E-state index < -0.39 is 6.03 Å². The van der Waals surface area contributed by atoms with E-state index in [-0.39, 0.29) is 30.9 Å². The van der Waals surface area contributed by atoms with Crippen molar-refractivity contribution >= 4 is 17.8 Å². The van der Waals surface area contributed by atoms with Crippen LogP contribution in [0.25, 0.3) is 0 Å². The number of nitrogens with two attached hydrogens (primary N) is 1. The van der Waals surface area contributed by atoms with Crippen LogP contribution in [0.15, 0.2) is 24.3 Å². The molecule has 7 nitrogen and oxygen atoms in total. The number of benzene rings is 1. The summed E-state index contributed by atoms with van der Waals surface area (Å²) >= 11 is 0. The highest BCUT2D eigenvalue weighted by atomic mass is 16.2. The lowest BCUT2D eigenvalue weighted by Crippen LogP contribution is -2.41. The first-order valence-corrected chi connectivity index (χ1v) is 7.76. The molecule has 4 amide bonds. The molecule has 1 aromatic carbocycles. The summed E-state index contributed by atoms with van der Waals surface area (Å²) in [5.41, 5.74) is 6.95. The third-order valence-corrected chi connectivity index (χ3v) is 4.23. The third kappa shape index (κ3) is 3.50. The maximum absolute atomic E-state index is 12.3. The Morgan fingerprint density at radius 2 is 2.17 bits per heavy atom. The Balaban J connectivity index is 1.68. The fraction of sp³-hybridized carbons (Fsp3) is 0.438. The molecule has 7 heteroatoms. The molecule has 0 aromatic heterocycles. The van der Waals surface area contributed by atoms with Crippen molar-refractivity contribution in [3.05, 3.63) is 35.4 Å². The van der Waals surface area contributed by atoms with Crippen molar-refractivity contribution < 1.29 is 14.4 Å². The van der Waals surface area contributed by atoms with Gasteiger partial charge in [-0.25, -0.2) is 4.79 Å². The van der Waals surface area contributed by atoms with Gasteiger partial charge in [0.25, 0.3) is 5.91 Å². The number of imide groups is 1. The van der Waals surface area contributed by atoms with Gasteiger partial charge in [-0.15, -0.1) is 0 Å². The molecule has 1 atom stereocenters. The van der Waals surface area contributed by atoms with Crippen LogP contribution in [0.3, 0.4) is 0 Å². The summed E-state index contributed by atoms with van der Waals surface area (Å²) in [5.74, 6) is 0.0474. The van der Waals surface area contributed by atoms with Gasteiger partial charge in [0.1, 0.15) is 0 Å². The lowest BCUT2D eigenvalue weighted by atomic mass is 10.1. The number of carbonyl (C=O) groups excluding carboxylic acids is 3. The molecule has 1 heterocycles. The molecule has 4 N–H and O–H groups in total. The van der Waals surface area contributed by atoms with Gasteiger partial charge < -0.3 is 16.4 Å². The van der Waals surface area contributed by atoms with Crippen molar-refractivity contribution in [1.82, 2.24) is 15.5 Å². The number of carbonyl (C=O) groups is 3. The molecule has 1 unspecified atom stereocenters. The Labute approximate surface area is 134 Å². The molecule has 1 aliphatic carbocycles. The van der Waals surface area contributed by atoms with Crippen molar-refractivity contribution in [3.8, 4) is 0 Å². The molecule has 3 rings (SSSR count). The van der Waals surface area contributed by atoms with Crippen LogP contribution in [0.2, 0.25) is 0 Å². The molecule has 0 bridgehead atoms. The molecular weight excluding hydrogens is 296 g/mol. The van der Waals surface area contributed by atoms with Gasteiger partial charge in [0.15, 0.2) is 0 Å². The van der Waals surface area contributed by atoms with E-state index in [9.17, 15) is 14.4 Å². The minimum absolute atomic E-state index is 0.0112. The summed E-state index contributed by atoms with van der Waals surface area (Å²) in [6, 6.07) is 6.56. The Morgan fingerprint density at radius 3 is 2.78 bits per heavy atom. The second-order valence-electron chi connectivity index (χ2n) is 5.99. The number of hydrogen-bond donors (Lipinski definition) is 3. The van der Waals surface area contributed by atoms with E-state index in [0.29, 0.717) is 18.0 Å². The monoisotopic (exact) mass is 316 g/mol. The summed E-state index contributed by atoms with van der Waals surface area (Å²) in [4.78, 5) is 36.7. The molecule has 0 spiro atoms. The van der Waals surface area contributed by atoms with E-state index in [4.69, 9.17) is 5.73 Å². The number of nitrogens with zero attached hydrogens (tertiary/aromatic N) is 1. The van der Waals surface area contributed by atoms with E-state index in [1.807, 2.05) is 0 Å². The lowest BCUT2D eigenvalue weighted by Gasteiger charge is -2.17. The maximum atomic E-state index is 12.3. The normalized spacial score (nSPS) is 18.7. The first kappa shape index (κ1) is 15.5. The molecule has 122 valence electrons. The zero-order valence-electron chi connectivity index (χ0n) is 12.7. The predicted molar refractivity (Wildman–Crippen MR) is 83.4 cm³/mol. The zero-order valence-corrected chi connectivity index (χ0v) is 12.7. The van der Waals surface area contributed by atoms with Crippen molar-refractivity contribution in [2.45, 2.75) is 25.4 Å². The number of nitrogens with one attached hydrogen (secondary N) is 2. The van der Waals surface area contributed by atoms with Crippen molar-refractivity contribution in [2.24, 2.45) is 11.7 Å². The van der Waals surface area contributed by atoms with Gasteiger partial charge in [-0.2, -0.15) is 0 Å². The number of amides is 4. The van der Waals surface area contributed by atoms with Gasteiger partial charge in [0.05, 0.1) is 13.1 Å². The molecule has 2 fully saturated rings. The average molecular weight is 316 g/mol. The van der Waals surface area contributed by atoms with Crippen molar-refractivity contribution in [3.63, 3.8) is 0 Å². The van der Waals surface area contributed by atoms with Crippen LogP contribution < -0.4 is 16.4 Å². The highest BCUT2D eigenvalue weighted by Gasteiger charge is 2.31. The van der Waals surface area contributed by atoms with Gasteiger partial charge in [-0.3, -0.25) is 14.5 Å². The molecule has 2 aliphatic rings. The zero-order chi connectivity index (χ0) is 16.4. The second kappa shape index (κ2) is 6.37. The lowest BCUT2D eigenvalue weighted by molar-refractivity contribution is -0.125. The molecule has 1 saturated carbocycles. The quantitative estimate of drug-likeness (QED) is 0.652. The fourth-order valence-corrected chi connectivity index (χ4v) is 2.73. The van der Waals surface area contributed by atoms with Crippen LogP contribution in [-0.4, -0.2) is 41.9 Å². The fourth-order valence-electron chi connectivity index (χ4n) is 2.73. The molecule has 0 radical (unpaired) electrons. The van der Waals surface area contributed by atoms with E-state index >= 15 is 0 Å². The van der Waals surface area contributed by atoms with Gasteiger partial charge in [-0.1, -0.05) is 12.1 Å². The summed E-state index contributed by atoms with van der Waals surface area (Å²) in [6.45, 7) is 0.617. The minimum Gasteiger partial charge on any atom is -0.348 e. The molecule has 1 saturated heterocycles. The SMILES string of the molecule is NCC(NC(=O)c1cccc(CN2C(=O)CNC2=O)c1)C1CC1. The smallest absolute Gasteiger partial charge is 0.324 e. The van der Waals surface area contributed by atoms with Crippen molar-refractivity contribution in [2.75, 3.05) is 13.1 Å². The van der Waals surface area contributed by atoms with E-state index in [2.05, 4.69) is 10.6 Å². The van der Waals surface area contributed by atoms with Crippen LogP contribution in [-0.2, 0) is 11.3 Å². The van der Waals surface area contributed by atoms with Crippen LogP contribution in [0.5, 0.6) is 0 Å². The van der Waals surface area contributed by atoms with Gasteiger partial charge in [0, 0.05) is 18.2 Å². The van der Waals surface area contributed by atoms with Gasteiger partial charge >= 0.3 is 6.03 Å². The topological polar surface area (TPSA) is 105 Å². The molecular formula is C16H20N4O3. The summed E-state index contributed by atoms with van der Waals surface area (Å²) in [6.07, 6.45) is 2.21. The largest absolute Gasteiger partial charge is 0.348 e. The van der Waals surface area contributed by atoms with Gasteiger partial charge in [0.2, 0.25) is 5.91 Å². The minimum atomic E-state index is -0.401. The van der Waals surface area contributed by atoms with Crippen LogP contribution >= 0.6 is 0 Å². The molecule has 23 heavy (non-hydrogen) atoms. The maximum Gasteiger partial charge on any atom is 0.324 e. The van der Waals surface area contributed by atoms with Crippen LogP contribution in [0, 0.1) is 5.92 Å². The second-order valence-corrected chi connectivity index (χ2v) is 5.99. The molecule has 1 aliphatic heterocycles. The van der Waals surface area contributed by atoms with E-state index in [1.54, 1.807) is 24.3 Å². The van der Waals surface area contributed by atoms with E-state index in [0.717, 1.165) is 23.3 Å². The summed E-state index contributed by atoms with van der Waals surface area (Å²) < 4.78 is 0. The first-order valence-electron chi connectivity index (χ1n) is 7.76. The first-order chi connectivity index (χ1) is 11.1. The number of rotatable bonds is 6. The highest BCUT2D eigenvalue weighted by Crippen LogP contribution is 2.32. The highest BCUT2D eigenvalue weighted by molar-refractivity contribution is 6.02. The van der Waals surface area contributed by atoms with Crippen LogP contribution in [0.4, 0.5) is 4.79 Å². The Hall–Kier alpha value is -2.41. The Bertz CT molecular complexity index is 626. The third-order valence-electron chi connectivity index (χ3n) is 4.23. The summed E-state index contributed by atoms with van der Waals surface area (Å²) in [5, 5.41) is 5.43. The number of hydrogen-bond acceptors (Lipinski definition) is 4. The Kier molecular flexibility index (Phi) is 4.29. The van der Waals surface area contributed by atoms with E-state index in [1.165, 1.54) is 0 Å². The van der Waals surface area contributed by atoms with Crippen molar-refractivity contribution in [1.29, 1.82) is 0 Å². The predicted octanol–water partition coefficient (Wildman–Crippen LogP) is 0.206. The molecule has 1 aromatic rings.